The molecular formula is C16H24F2N2O. The lowest BCUT2D eigenvalue weighted by Gasteiger charge is -2.21. The number of anilines is 1. The first-order chi connectivity index (χ1) is 9.88. The third kappa shape index (κ3) is 3.92. The molecule has 0 aromatic heterocycles. The second-order valence-corrected chi connectivity index (χ2v) is 6.18. The van der Waals surface area contributed by atoms with E-state index in [-0.39, 0.29) is 17.6 Å². The van der Waals surface area contributed by atoms with E-state index in [0.717, 1.165) is 6.42 Å². The van der Waals surface area contributed by atoms with Crippen LogP contribution in [0.3, 0.4) is 0 Å². The molecule has 5 heteroatoms. The lowest BCUT2D eigenvalue weighted by molar-refractivity contribution is 0.136. The van der Waals surface area contributed by atoms with Crippen LogP contribution in [0.5, 0.6) is 0 Å². The average Bonchev–Trinajstić information content (AvgIpc) is 2.85. The highest BCUT2D eigenvalue weighted by Crippen LogP contribution is 2.31. The number of nitrogens with one attached hydrogen (secondary N) is 1. The SMILES string of the molecule is CC(C)NCc1cc(F)c(N2CCC(C(C)O)C2)c(F)c1. The molecule has 3 nitrogen and oxygen atoms in total. The minimum Gasteiger partial charge on any atom is -0.393 e. The number of nitrogens with zero attached hydrogens (tertiary/aromatic N) is 1. The Balaban J connectivity index is 2.14. The molecule has 2 rings (SSSR count). The van der Waals surface area contributed by atoms with Gasteiger partial charge in [-0.25, -0.2) is 8.78 Å². The van der Waals surface area contributed by atoms with Crippen LogP contribution in [0.1, 0.15) is 32.8 Å². The van der Waals surface area contributed by atoms with Crippen molar-refractivity contribution in [1.82, 2.24) is 5.32 Å². The van der Waals surface area contributed by atoms with E-state index in [4.69, 9.17) is 0 Å². The van der Waals surface area contributed by atoms with Gasteiger partial charge in [0.1, 0.15) is 17.3 Å². The smallest absolute Gasteiger partial charge is 0.149 e. The summed E-state index contributed by atoms with van der Waals surface area (Å²) in [7, 11) is 0. The van der Waals surface area contributed by atoms with Gasteiger partial charge in [-0.3, -0.25) is 0 Å². The van der Waals surface area contributed by atoms with Crippen molar-refractivity contribution in [3.63, 3.8) is 0 Å². The summed E-state index contributed by atoms with van der Waals surface area (Å²) in [6.07, 6.45) is 0.309. The van der Waals surface area contributed by atoms with Crippen LogP contribution in [0.4, 0.5) is 14.5 Å². The van der Waals surface area contributed by atoms with Gasteiger partial charge in [0.2, 0.25) is 0 Å². The zero-order chi connectivity index (χ0) is 15.6. The Kier molecular flexibility index (Phi) is 5.17. The molecule has 2 atom stereocenters. The number of hydrogen-bond donors (Lipinski definition) is 2. The maximum atomic E-state index is 14.2. The summed E-state index contributed by atoms with van der Waals surface area (Å²) >= 11 is 0. The lowest BCUT2D eigenvalue weighted by Crippen LogP contribution is -2.26. The molecule has 118 valence electrons. The van der Waals surface area contributed by atoms with Crippen LogP contribution in [-0.4, -0.2) is 30.3 Å². The maximum absolute atomic E-state index is 14.2. The maximum Gasteiger partial charge on any atom is 0.149 e. The second-order valence-electron chi connectivity index (χ2n) is 6.18. The van der Waals surface area contributed by atoms with E-state index in [0.29, 0.717) is 25.2 Å². The third-order valence-electron chi connectivity index (χ3n) is 4.01. The van der Waals surface area contributed by atoms with Gasteiger partial charge >= 0.3 is 0 Å². The van der Waals surface area contributed by atoms with Crippen molar-refractivity contribution in [1.29, 1.82) is 0 Å². The van der Waals surface area contributed by atoms with Crippen LogP contribution in [0.25, 0.3) is 0 Å². The quantitative estimate of drug-likeness (QED) is 0.877. The second kappa shape index (κ2) is 6.71. The Hall–Kier alpha value is -1.20. The first kappa shape index (κ1) is 16.2. The van der Waals surface area contributed by atoms with E-state index in [2.05, 4.69) is 5.32 Å². The molecular weight excluding hydrogens is 274 g/mol. The highest BCUT2D eigenvalue weighted by Gasteiger charge is 2.29. The number of hydrogen-bond acceptors (Lipinski definition) is 3. The minimum absolute atomic E-state index is 0.0337. The van der Waals surface area contributed by atoms with Crippen molar-refractivity contribution in [3.8, 4) is 0 Å². The van der Waals surface area contributed by atoms with Crippen LogP contribution in [0.2, 0.25) is 0 Å². The van der Waals surface area contributed by atoms with Crippen molar-refractivity contribution in [2.75, 3.05) is 18.0 Å². The van der Waals surface area contributed by atoms with Crippen molar-refractivity contribution in [3.05, 3.63) is 29.3 Å². The molecule has 2 N–H and O–H groups in total. The molecule has 0 bridgehead atoms. The predicted molar refractivity (Wildman–Crippen MR) is 80.3 cm³/mol. The summed E-state index contributed by atoms with van der Waals surface area (Å²) < 4.78 is 28.5. The van der Waals surface area contributed by atoms with Crippen LogP contribution in [0, 0.1) is 17.6 Å². The van der Waals surface area contributed by atoms with Crippen molar-refractivity contribution < 1.29 is 13.9 Å². The van der Waals surface area contributed by atoms with Crippen molar-refractivity contribution >= 4 is 5.69 Å². The van der Waals surface area contributed by atoms with Crippen LogP contribution in [-0.2, 0) is 6.54 Å². The molecule has 1 aliphatic rings. The Morgan fingerprint density at radius 2 is 1.90 bits per heavy atom. The van der Waals surface area contributed by atoms with Gasteiger partial charge in [-0.15, -0.1) is 0 Å². The normalized spacial score (nSPS) is 20.3. The van der Waals surface area contributed by atoms with E-state index in [1.165, 1.54) is 12.1 Å². The van der Waals surface area contributed by atoms with E-state index in [9.17, 15) is 13.9 Å². The molecule has 1 heterocycles. The molecule has 0 spiro atoms. The summed E-state index contributed by atoms with van der Waals surface area (Å²) in [5, 5.41) is 12.7. The largest absolute Gasteiger partial charge is 0.393 e. The fraction of sp³-hybridized carbons (Fsp3) is 0.625. The first-order valence-corrected chi connectivity index (χ1v) is 7.52. The van der Waals surface area contributed by atoms with Crippen molar-refractivity contribution in [2.24, 2.45) is 5.92 Å². The Morgan fingerprint density at radius 3 is 2.38 bits per heavy atom. The Labute approximate surface area is 125 Å². The van der Waals surface area contributed by atoms with Crippen LogP contribution in [0.15, 0.2) is 12.1 Å². The number of benzene rings is 1. The molecule has 1 aromatic carbocycles. The highest BCUT2D eigenvalue weighted by atomic mass is 19.1. The average molecular weight is 298 g/mol. The van der Waals surface area contributed by atoms with E-state index in [1.807, 2.05) is 13.8 Å². The van der Waals surface area contributed by atoms with E-state index in [1.54, 1.807) is 11.8 Å². The standard InChI is InChI=1S/C16H24F2N2O/c1-10(2)19-8-12-6-14(17)16(15(18)7-12)20-5-4-13(9-20)11(3)21/h6-7,10-11,13,19,21H,4-5,8-9H2,1-3H3. The topological polar surface area (TPSA) is 35.5 Å². The van der Waals surface area contributed by atoms with Crippen molar-refractivity contribution in [2.45, 2.75) is 45.9 Å². The number of halogens is 2. The summed E-state index contributed by atoms with van der Waals surface area (Å²) in [6, 6.07) is 3.05. The molecule has 2 unspecified atom stereocenters. The molecule has 0 amide bonds. The van der Waals surface area contributed by atoms with Gasteiger partial charge in [-0.1, -0.05) is 13.8 Å². The van der Waals surface area contributed by atoms with Gasteiger partial charge in [-0.05, 0) is 31.0 Å². The highest BCUT2D eigenvalue weighted by molar-refractivity contribution is 5.51. The van der Waals surface area contributed by atoms with E-state index < -0.39 is 17.7 Å². The van der Waals surface area contributed by atoms with Crippen LogP contribution < -0.4 is 10.2 Å². The lowest BCUT2D eigenvalue weighted by atomic mass is 10.0. The summed E-state index contributed by atoms with van der Waals surface area (Å²) in [5.41, 5.74) is 0.639. The molecule has 1 aromatic rings. The van der Waals surface area contributed by atoms with Crippen LogP contribution >= 0.6 is 0 Å². The monoisotopic (exact) mass is 298 g/mol. The van der Waals surface area contributed by atoms with Gasteiger partial charge in [0, 0.05) is 31.6 Å². The molecule has 1 saturated heterocycles. The Morgan fingerprint density at radius 1 is 1.29 bits per heavy atom. The Bertz CT molecular complexity index is 468. The molecule has 21 heavy (non-hydrogen) atoms. The van der Waals surface area contributed by atoms with Gasteiger partial charge in [-0.2, -0.15) is 0 Å². The molecule has 0 aliphatic carbocycles. The zero-order valence-electron chi connectivity index (χ0n) is 12.9. The molecule has 0 radical (unpaired) electrons. The number of aliphatic hydroxyl groups excluding tert-OH is 1. The van der Waals surface area contributed by atoms with Gasteiger partial charge < -0.3 is 15.3 Å². The molecule has 1 aliphatic heterocycles. The van der Waals surface area contributed by atoms with Gasteiger partial charge in [0.05, 0.1) is 6.10 Å². The van der Waals surface area contributed by atoms with Gasteiger partial charge in [0.25, 0.3) is 0 Å². The fourth-order valence-electron chi connectivity index (χ4n) is 2.73. The van der Waals surface area contributed by atoms with Gasteiger partial charge in [0.15, 0.2) is 0 Å². The van der Waals surface area contributed by atoms with E-state index >= 15 is 0 Å². The third-order valence-corrected chi connectivity index (χ3v) is 4.01. The summed E-state index contributed by atoms with van der Waals surface area (Å²) in [4.78, 5) is 1.70. The predicted octanol–water partition coefficient (Wildman–Crippen LogP) is 2.67. The molecule has 0 saturated carbocycles. The first-order valence-electron chi connectivity index (χ1n) is 7.52. The summed E-state index contributed by atoms with van der Waals surface area (Å²) in [6.45, 7) is 7.22. The summed E-state index contributed by atoms with van der Waals surface area (Å²) in [5.74, 6) is -0.977. The molecule has 1 fully saturated rings. The fourth-order valence-corrected chi connectivity index (χ4v) is 2.73. The number of aliphatic hydroxyl groups is 1. The zero-order valence-corrected chi connectivity index (χ0v) is 12.9. The number of rotatable bonds is 5. The minimum atomic E-state index is -0.526.